The molecular formula is C13H16N2O4. The van der Waals surface area contributed by atoms with Crippen LogP contribution in [-0.4, -0.2) is 36.7 Å². The van der Waals surface area contributed by atoms with Crippen LogP contribution in [0.3, 0.4) is 0 Å². The van der Waals surface area contributed by atoms with E-state index in [9.17, 15) is 9.59 Å². The molecule has 1 aromatic carbocycles. The molecule has 19 heavy (non-hydrogen) atoms. The largest absolute Gasteiger partial charge is 0.482 e. The Morgan fingerprint density at radius 2 is 2.37 bits per heavy atom. The normalized spacial score (nSPS) is 15.1. The summed E-state index contributed by atoms with van der Waals surface area (Å²) in [4.78, 5) is 22.0. The minimum absolute atomic E-state index is 0.0322. The minimum Gasteiger partial charge on any atom is -0.482 e. The van der Waals surface area contributed by atoms with E-state index in [4.69, 9.17) is 9.84 Å². The third-order valence-corrected chi connectivity index (χ3v) is 2.99. The highest BCUT2D eigenvalue weighted by Gasteiger charge is 2.17. The van der Waals surface area contributed by atoms with Gasteiger partial charge < -0.3 is 20.5 Å². The van der Waals surface area contributed by atoms with Crippen LogP contribution in [-0.2, 0) is 16.0 Å². The fraction of sp³-hybridized carbons (Fsp3) is 0.385. The van der Waals surface area contributed by atoms with Gasteiger partial charge in [0, 0.05) is 6.04 Å². The van der Waals surface area contributed by atoms with Crippen LogP contribution in [0.25, 0.3) is 0 Å². The van der Waals surface area contributed by atoms with Crippen LogP contribution in [0.4, 0.5) is 5.69 Å². The highest BCUT2D eigenvalue weighted by Crippen LogP contribution is 2.28. The maximum absolute atomic E-state index is 11.2. The number of likely N-dealkylation sites (N-methyl/N-ethyl adjacent to an activating group) is 1. The number of ether oxygens (including phenoxy) is 1. The van der Waals surface area contributed by atoms with E-state index in [-0.39, 0.29) is 25.0 Å². The van der Waals surface area contributed by atoms with Gasteiger partial charge in [0.05, 0.1) is 12.1 Å². The van der Waals surface area contributed by atoms with Crippen LogP contribution >= 0.6 is 0 Å². The second kappa shape index (κ2) is 5.71. The molecule has 6 nitrogen and oxygen atoms in total. The zero-order valence-corrected chi connectivity index (χ0v) is 10.6. The molecule has 1 heterocycles. The molecule has 0 aliphatic carbocycles. The van der Waals surface area contributed by atoms with Crippen LogP contribution in [0, 0.1) is 0 Å². The van der Waals surface area contributed by atoms with E-state index in [1.165, 1.54) is 0 Å². The molecule has 1 amide bonds. The molecule has 0 bridgehead atoms. The zero-order valence-electron chi connectivity index (χ0n) is 10.6. The van der Waals surface area contributed by atoms with Crippen LogP contribution < -0.4 is 15.4 Å². The molecule has 1 aliphatic heterocycles. The number of fused-ring (bicyclic) bond motifs is 1. The highest BCUT2D eigenvalue weighted by atomic mass is 16.5. The fourth-order valence-corrected chi connectivity index (χ4v) is 2.03. The van der Waals surface area contributed by atoms with Crippen molar-refractivity contribution in [1.82, 2.24) is 5.32 Å². The van der Waals surface area contributed by atoms with Gasteiger partial charge in [-0.3, -0.25) is 9.59 Å². The predicted molar refractivity (Wildman–Crippen MR) is 69.4 cm³/mol. The number of rotatable bonds is 5. The lowest BCUT2D eigenvalue weighted by atomic mass is 10.0. The molecule has 1 unspecified atom stereocenters. The molecule has 1 aliphatic rings. The van der Waals surface area contributed by atoms with E-state index in [2.05, 4.69) is 10.6 Å². The topological polar surface area (TPSA) is 87.7 Å². The van der Waals surface area contributed by atoms with Crippen molar-refractivity contribution in [1.29, 1.82) is 0 Å². The van der Waals surface area contributed by atoms with Gasteiger partial charge in [0.1, 0.15) is 5.75 Å². The molecule has 0 spiro atoms. The van der Waals surface area contributed by atoms with Gasteiger partial charge in [-0.05, 0) is 31.2 Å². The Hall–Kier alpha value is -2.08. The Bertz CT molecular complexity index is 501. The number of amides is 1. The minimum atomic E-state index is -0.839. The van der Waals surface area contributed by atoms with E-state index in [1.54, 1.807) is 13.1 Å². The Labute approximate surface area is 110 Å². The van der Waals surface area contributed by atoms with E-state index in [1.807, 2.05) is 12.1 Å². The molecule has 0 aromatic heterocycles. The van der Waals surface area contributed by atoms with Crippen molar-refractivity contribution in [3.63, 3.8) is 0 Å². The van der Waals surface area contributed by atoms with Crippen molar-refractivity contribution in [2.24, 2.45) is 0 Å². The number of carbonyl (C=O) groups excluding carboxylic acids is 1. The highest BCUT2D eigenvalue weighted by molar-refractivity contribution is 5.95. The Kier molecular flexibility index (Phi) is 4.01. The van der Waals surface area contributed by atoms with Crippen LogP contribution in [0.2, 0.25) is 0 Å². The molecule has 0 fully saturated rings. The number of aliphatic carboxylic acids is 1. The summed E-state index contributed by atoms with van der Waals surface area (Å²) in [6.07, 6.45) is 0.627. The van der Waals surface area contributed by atoms with Gasteiger partial charge in [0.25, 0.3) is 5.91 Å². The molecule has 2 rings (SSSR count). The lowest BCUT2D eigenvalue weighted by Gasteiger charge is -2.20. The summed E-state index contributed by atoms with van der Waals surface area (Å²) in [5, 5.41) is 14.5. The van der Waals surface area contributed by atoms with E-state index in [0.717, 1.165) is 5.56 Å². The average Bonchev–Trinajstić information content (AvgIpc) is 2.37. The molecule has 0 radical (unpaired) electrons. The fourth-order valence-electron chi connectivity index (χ4n) is 2.03. The smallest absolute Gasteiger partial charge is 0.304 e. The monoisotopic (exact) mass is 264 g/mol. The summed E-state index contributed by atoms with van der Waals surface area (Å²) in [5.74, 6) is -0.378. The first-order valence-electron chi connectivity index (χ1n) is 6.03. The van der Waals surface area contributed by atoms with Crippen LogP contribution in [0.5, 0.6) is 5.75 Å². The van der Waals surface area contributed by atoms with Gasteiger partial charge in [-0.2, -0.15) is 0 Å². The standard InChI is InChI=1S/C13H16N2O4/c1-14-9(6-13(17)18)4-8-2-3-11-10(5-8)15-12(16)7-19-11/h2-3,5,9,14H,4,6-7H2,1H3,(H,15,16)(H,17,18). The first kappa shape index (κ1) is 13.4. The van der Waals surface area contributed by atoms with E-state index >= 15 is 0 Å². The lowest BCUT2D eigenvalue weighted by Crippen LogP contribution is -2.30. The quantitative estimate of drug-likeness (QED) is 0.725. The number of nitrogens with one attached hydrogen (secondary N) is 2. The van der Waals surface area contributed by atoms with Crippen LogP contribution in [0.15, 0.2) is 18.2 Å². The number of benzene rings is 1. The molecule has 0 saturated carbocycles. The zero-order chi connectivity index (χ0) is 13.8. The van der Waals surface area contributed by atoms with Gasteiger partial charge in [0.2, 0.25) is 0 Å². The summed E-state index contributed by atoms with van der Waals surface area (Å²) in [6, 6.07) is 5.34. The summed E-state index contributed by atoms with van der Waals surface area (Å²) in [7, 11) is 1.73. The maximum Gasteiger partial charge on any atom is 0.304 e. The predicted octanol–water partition coefficient (Wildman–Crippen LogP) is 0.623. The first-order chi connectivity index (χ1) is 9.08. The molecule has 0 saturated heterocycles. The lowest BCUT2D eigenvalue weighted by molar-refractivity contribution is -0.137. The number of anilines is 1. The first-order valence-corrected chi connectivity index (χ1v) is 6.03. The Morgan fingerprint density at radius 3 is 3.05 bits per heavy atom. The summed E-state index contributed by atoms with van der Waals surface area (Å²) >= 11 is 0. The molecular weight excluding hydrogens is 248 g/mol. The van der Waals surface area contributed by atoms with Crippen molar-refractivity contribution in [3.05, 3.63) is 23.8 Å². The third kappa shape index (κ3) is 3.45. The Morgan fingerprint density at radius 1 is 1.58 bits per heavy atom. The van der Waals surface area contributed by atoms with Crippen molar-refractivity contribution < 1.29 is 19.4 Å². The Balaban J connectivity index is 2.10. The SMILES string of the molecule is CNC(CC(=O)O)Cc1ccc2c(c1)NC(=O)CO2. The second-order valence-corrected chi connectivity index (χ2v) is 4.45. The van der Waals surface area contributed by atoms with Crippen molar-refractivity contribution >= 4 is 17.6 Å². The third-order valence-electron chi connectivity index (χ3n) is 2.99. The van der Waals surface area contributed by atoms with Crippen molar-refractivity contribution in [2.75, 3.05) is 19.0 Å². The number of hydrogen-bond donors (Lipinski definition) is 3. The number of hydrogen-bond acceptors (Lipinski definition) is 4. The number of carboxylic acid groups (broad SMARTS) is 1. The summed E-state index contributed by atoms with van der Waals surface area (Å²) in [6.45, 7) is 0.0322. The van der Waals surface area contributed by atoms with Crippen molar-refractivity contribution in [3.8, 4) is 5.75 Å². The van der Waals surface area contributed by atoms with Gasteiger partial charge in [0.15, 0.2) is 6.61 Å². The van der Waals surface area contributed by atoms with Crippen LogP contribution in [0.1, 0.15) is 12.0 Å². The summed E-state index contributed by atoms with van der Waals surface area (Å²) < 4.78 is 5.26. The summed E-state index contributed by atoms with van der Waals surface area (Å²) in [5.41, 5.74) is 1.59. The number of carboxylic acids is 1. The van der Waals surface area contributed by atoms with E-state index in [0.29, 0.717) is 17.9 Å². The maximum atomic E-state index is 11.2. The molecule has 1 atom stereocenters. The van der Waals surface area contributed by atoms with Gasteiger partial charge in [-0.15, -0.1) is 0 Å². The van der Waals surface area contributed by atoms with Gasteiger partial charge >= 0.3 is 5.97 Å². The van der Waals surface area contributed by atoms with Gasteiger partial charge in [-0.1, -0.05) is 6.07 Å². The van der Waals surface area contributed by atoms with Gasteiger partial charge in [-0.25, -0.2) is 0 Å². The molecule has 102 valence electrons. The molecule has 3 N–H and O–H groups in total. The average molecular weight is 264 g/mol. The number of carbonyl (C=O) groups is 2. The molecule has 1 aromatic rings. The second-order valence-electron chi connectivity index (χ2n) is 4.45. The van der Waals surface area contributed by atoms with Crippen molar-refractivity contribution in [2.45, 2.75) is 18.9 Å². The van der Waals surface area contributed by atoms with E-state index < -0.39 is 5.97 Å². The molecule has 6 heteroatoms.